The van der Waals surface area contributed by atoms with E-state index in [0.29, 0.717) is 4.87 Å². The van der Waals surface area contributed by atoms with E-state index in [9.17, 15) is 0 Å². The molecule has 1 heterocycles. The molecule has 1 aliphatic heterocycles. The van der Waals surface area contributed by atoms with Gasteiger partial charge in [-0.2, -0.15) is 0 Å². The van der Waals surface area contributed by atoms with Gasteiger partial charge in [0, 0.05) is 0 Å². The highest BCUT2D eigenvalue weighted by molar-refractivity contribution is 8.00. The highest BCUT2D eigenvalue weighted by atomic mass is 32.2. The Kier molecular flexibility index (Phi) is 3.20. The van der Waals surface area contributed by atoms with Gasteiger partial charge in [0.1, 0.15) is 0 Å². The molecule has 0 radical (unpaired) electrons. The summed E-state index contributed by atoms with van der Waals surface area (Å²) >= 11 is 2.21. The fraction of sp³-hybridized carbons (Fsp3) is 1.00. The summed E-state index contributed by atoms with van der Waals surface area (Å²) in [6.45, 7) is 3.61. The van der Waals surface area contributed by atoms with E-state index in [2.05, 4.69) is 24.0 Å². The highest BCUT2D eigenvalue weighted by Crippen LogP contribution is 2.45. The molecule has 1 N–H and O–H groups in total. The molecular formula is C11H21NS. The third kappa shape index (κ3) is 1.89. The van der Waals surface area contributed by atoms with Crippen LogP contribution in [-0.4, -0.2) is 17.2 Å². The van der Waals surface area contributed by atoms with Crippen LogP contribution >= 0.6 is 11.8 Å². The standard InChI is InChI=1S/C11H21NS/c1-2-10-6-3-4-7-11(10)12-8-5-9-13-11/h10,12H,2-9H2,1H3. The Bertz CT molecular complexity index is 155. The van der Waals surface area contributed by atoms with Crippen LogP contribution < -0.4 is 5.32 Å². The Balaban J connectivity index is 2.06. The second-order valence-electron chi connectivity index (χ2n) is 4.37. The van der Waals surface area contributed by atoms with Crippen LogP contribution in [0.25, 0.3) is 0 Å². The second-order valence-corrected chi connectivity index (χ2v) is 5.79. The normalized spacial score (nSPS) is 40.8. The van der Waals surface area contributed by atoms with Crippen molar-refractivity contribution in [3.8, 4) is 0 Å². The zero-order chi connectivity index (χ0) is 9.15. The number of rotatable bonds is 1. The molecule has 2 heteroatoms. The van der Waals surface area contributed by atoms with Crippen LogP contribution in [0.4, 0.5) is 0 Å². The van der Waals surface area contributed by atoms with Crippen LogP contribution in [-0.2, 0) is 0 Å². The molecule has 0 aromatic rings. The number of hydrogen-bond donors (Lipinski definition) is 1. The number of thioether (sulfide) groups is 1. The van der Waals surface area contributed by atoms with Crippen LogP contribution in [0.1, 0.15) is 45.4 Å². The Labute approximate surface area is 86.0 Å². The van der Waals surface area contributed by atoms with Crippen molar-refractivity contribution in [1.82, 2.24) is 5.32 Å². The lowest BCUT2D eigenvalue weighted by atomic mass is 9.82. The van der Waals surface area contributed by atoms with Gasteiger partial charge in [0.15, 0.2) is 0 Å². The van der Waals surface area contributed by atoms with Crippen molar-refractivity contribution in [2.24, 2.45) is 5.92 Å². The quantitative estimate of drug-likeness (QED) is 0.697. The molecule has 1 saturated carbocycles. The van der Waals surface area contributed by atoms with E-state index in [1.54, 1.807) is 0 Å². The van der Waals surface area contributed by atoms with E-state index < -0.39 is 0 Å². The van der Waals surface area contributed by atoms with Crippen LogP contribution in [0, 0.1) is 5.92 Å². The van der Waals surface area contributed by atoms with Crippen LogP contribution in [0.3, 0.4) is 0 Å². The minimum Gasteiger partial charge on any atom is -0.303 e. The summed E-state index contributed by atoms with van der Waals surface area (Å²) < 4.78 is 0. The lowest BCUT2D eigenvalue weighted by molar-refractivity contribution is 0.221. The average Bonchev–Trinajstić information content (AvgIpc) is 2.20. The fourth-order valence-corrected chi connectivity index (χ4v) is 4.52. The van der Waals surface area contributed by atoms with E-state index in [4.69, 9.17) is 0 Å². The SMILES string of the molecule is CCC1CCCCC12NCCCS2. The summed E-state index contributed by atoms with van der Waals surface area (Å²) in [6.07, 6.45) is 8.49. The topological polar surface area (TPSA) is 12.0 Å². The first-order valence-corrected chi connectivity index (χ1v) is 6.75. The van der Waals surface area contributed by atoms with Gasteiger partial charge in [0.05, 0.1) is 4.87 Å². The van der Waals surface area contributed by atoms with Crippen LogP contribution in [0.5, 0.6) is 0 Å². The molecule has 2 fully saturated rings. The third-order valence-electron chi connectivity index (χ3n) is 3.61. The summed E-state index contributed by atoms with van der Waals surface area (Å²) in [6, 6.07) is 0. The lowest BCUT2D eigenvalue weighted by Crippen LogP contribution is -2.53. The van der Waals surface area contributed by atoms with Gasteiger partial charge in [-0.25, -0.2) is 0 Å². The molecule has 2 aliphatic rings. The number of nitrogens with one attached hydrogen (secondary N) is 1. The molecule has 0 amide bonds. The molecule has 2 unspecified atom stereocenters. The lowest BCUT2D eigenvalue weighted by Gasteiger charge is -2.46. The highest BCUT2D eigenvalue weighted by Gasteiger charge is 2.40. The molecule has 0 aromatic carbocycles. The molecular weight excluding hydrogens is 178 g/mol. The molecule has 2 rings (SSSR count). The van der Waals surface area contributed by atoms with E-state index in [1.807, 2.05) is 0 Å². The first-order valence-electron chi connectivity index (χ1n) is 5.76. The zero-order valence-electron chi connectivity index (χ0n) is 8.64. The maximum absolute atomic E-state index is 3.80. The van der Waals surface area contributed by atoms with Crippen molar-refractivity contribution < 1.29 is 0 Å². The fourth-order valence-electron chi connectivity index (χ4n) is 2.85. The van der Waals surface area contributed by atoms with Crippen molar-refractivity contribution in [1.29, 1.82) is 0 Å². The molecule has 2 atom stereocenters. The van der Waals surface area contributed by atoms with E-state index in [1.165, 1.54) is 50.8 Å². The van der Waals surface area contributed by atoms with E-state index in [0.717, 1.165) is 5.92 Å². The smallest absolute Gasteiger partial charge is 0.0673 e. The summed E-state index contributed by atoms with van der Waals surface area (Å²) in [7, 11) is 0. The van der Waals surface area contributed by atoms with Gasteiger partial charge in [0.25, 0.3) is 0 Å². The summed E-state index contributed by atoms with van der Waals surface area (Å²) in [5, 5.41) is 3.80. The Morgan fingerprint density at radius 2 is 2.31 bits per heavy atom. The summed E-state index contributed by atoms with van der Waals surface area (Å²) in [5.41, 5.74) is 0. The Morgan fingerprint density at radius 3 is 3.00 bits per heavy atom. The van der Waals surface area contributed by atoms with Crippen molar-refractivity contribution in [3.63, 3.8) is 0 Å². The van der Waals surface area contributed by atoms with Crippen LogP contribution in [0.2, 0.25) is 0 Å². The van der Waals surface area contributed by atoms with Crippen molar-refractivity contribution in [2.45, 2.75) is 50.3 Å². The second kappa shape index (κ2) is 4.22. The van der Waals surface area contributed by atoms with E-state index >= 15 is 0 Å². The van der Waals surface area contributed by atoms with Gasteiger partial charge in [-0.15, -0.1) is 11.8 Å². The molecule has 13 heavy (non-hydrogen) atoms. The Morgan fingerprint density at radius 1 is 1.38 bits per heavy atom. The maximum atomic E-state index is 3.80. The first-order chi connectivity index (χ1) is 6.37. The van der Waals surface area contributed by atoms with Gasteiger partial charge >= 0.3 is 0 Å². The third-order valence-corrected chi connectivity index (χ3v) is 5.30. The maximum Gasteiger partial charge on any atom is 0.0673 e. The van der Waals surface area contributed by atoms with Crippen molar-refractivity contribution >= 4 is 11.8 Å². The van der Waals surface area contributed by atoms with E-state index in [-0.39, 0.29) is 0 Å². The minimum absolute atomic E-state index is 0.491. The van der Waals surface area contributed by atoms with Crippen molar-refractivity contribution in [2.75, 3.05) is 12.3 Å². The molecule has 0 aromatic heterocycles. The van der Waals surface area contributed by atoms with Gasteiger partial charge in [-0.3, -0.25) is 0 Å². The predicted octanol–water partition coefficient (Wildman–Crippen LogP) is 3.01. The molecule has 76 valence electrons. The molecule has 1 saturated heterocycles. The molecule has 1 aliphatic carbocycles. The Hall–Kier alpha value is 0.310. The average molecular weight is 199 g/mol. The number of hydrogen-bond acceptors (Lipinski definition) is 2. The predicted molar refractivity (Wildman–Crippen MR) is 60.1 cm³/mol. The molecule has 0 bridgehead atoms. The monoisotopic (exact) mass is 199 g/mol. The van der Waals surface area contributed by atoms with Gasteiger partial charge in [0.2, 0.25) is 0 Å². The van der Waals surface area contributed by atoms with Crippen LogP contribution in [0.15, 0.2) is 0 Å². The first kappa shape index (κ1) is 9.85. The minimum atomic E-state index is 0.491. The van der Waals surface area contributed by atoms with Crippen molar-refractivity contribution in [3.05, 3.63) is 0 Å². The molecule has 1 nitrogen and oxygen atoms in total. The van der Waals surface area contributed by atoms with Gasteiger partial charge in [-0.1, -0.05) is 26.2 Å². The summed E-state index contributed by atoms with van der Waals surface area (Å²) in [4.78, 5) is 0.491. The van der Waals surface area contributed by atoms with Gasteiger partial charge < -0.3 is 5.32 Å². The largest absolute Gasteiger partial charge is 0.303 e. The van der Waals surface area contributed by atoms with Gasteiger partial charge in [-0.05, 0) is 37.5 Å². The zero-order valence-corrected chi connectivity index (χ0v) is 9.46. The molecule has 1 spiro atoms. The summed E-state index contributed by atoms with van der Waals surface area (Å²) in [5.74, 6) is 2.32.